The average Bonchev–Trinajstić information content (AvgIpc) is 2.41. The van der Waals surface area contributed by atoms with E-state index in [4.69, 9.17) is 10.2 Å². The molecule has 105 valence electrons. The van der Waals surface area contributed by atoms with E-state index in [9.17, 15) is 4.79 Å². The fourth-order valence-corrected chi connectivity index (χ4v) is 1.00. The fourth-order valence-electron chi connectivity index (χ4n) is 1.00. The molecule has 0 amide bonds. The molecule has 0 saturated heterocycles. The van der Waals surface area contributed by atoms with Gasteiger partial charge in [0.2, 0.25) is 0 Å². The molecule has 0 aliphatic heterocycles. The van der Waals surface area contributed by atoms with Crippen LogP contribution >= 0.6 is 0 Å². The van der Waals surface area contributed by atoms with Crippen molar-refractivity contribution < 1.29 is 46.0 Å². The molecule has 0 bridgehead atoms. The van der Waals surface area contributed by atoms with Crippen LogP contribution in [0.5, 0.6) is 0 Å². The summed E-state index contributed by atoms with van der Waals surface area (Å²) in [6, 6.07) is 0. The molecule has 0 unspecified atom stereocenters. The molecule has 0 saturated carbocycles. The van der Waals surface area contributed by atoms with Gasteiger partial charge in [0.1, 0.15) is 11.6 Å². The number of aromatic nitrogens is 4. The van der Waals surface area contributed by atoms with E-state index in [2.05, 4.69) is 19.9 Å². The molecule has 21 heavy (non-hydrogen) atoms. The molecule has 2 aromatic heterocycles. The standard InChI is InChI=1S/C6H6N2O2.C6H8N2O.B.Na.H/c1-4-7-2-5(3-8-4)6(9)10;1-5-7-2-6(4-9)3-8-5;;;/h2-3H,1H3,(H,9,10);2-3,9H,4H2,1H3;;;/q;;;+1;-1. The number of nitrogens with zero attached hydrogens (tertiary/aromatic N) is 4. The van der Waals surface area contributed by atoms with Gasteiger partial charge in [-0.15, -0.1) is 0 Å². The van der Waals surface area contributed by atoms with Gasteiger partial charge in [0.25, 0.3) is 0 Å². The number of aliphatic hydroxyl groups is 1. The number of aliphatic hydroxyl groups excluding tert-OH is 1. The number of hydrogen-bond acceptors (Lipinski definition) is 6. The second kappa shape index (κ2) is 11.3. The van der Waals surface area contributed by atoms with Crippen LogP contribution in [0, 0.1) is 13.8 Å². The van der Waals surface area contributed by atoms with Crippen LogP contribution in [0.1, 0.15) is 29.0 Å². The van der Waals surface area contributed by atoms with Crippen molar-refractivity contribution >= 4 is 14.4 Å². The van der Waals surface area contributed by atoms with Gasteiger partial charge in [0, 0.05) is 38.8 Å². The molecule has 0 aliphatic carbocycles. The number of aryl methyl sites for hydroxylation is 2. The SMILES string of the molecule is Cc1ncc(C(=O)O)cn1.Cc1ncc(CO)cn1.[B].[H-].[Na+]. The van der Waals surface area contributed by atoms with Gasteiger partial charge in [0.15, 0.2) is 0 Å². The van der Waals surface area contributed by atoms with Crippen molar-refractivity contribution in [3.8, 4) is 0 Å². The van der Waals surface area contributed by atoms with E-state index in [-0.39, 0.29) is 51.6 Å². The molecule has 2 rings (SSSR count). The van der Waals surface area contributed by atoms with E-state index >= 15 is 0 Å². The third-order valence-corrected chi connectivity index (χ3v) is 2.04. The Hall–Kier alpha value is -1.35. The Morgan fingerprint density at radius 1 is 1.05 bits per heavy atom. The monoisotopic (exact) mass is 297 g/mol. The van der Waals surface area contributed by atoms with Crippen molar-refractivity contribution in [2.75, 3.05) is 0 Å². The van der Waals surface area contributed by atoms with Gasteiger partial charge in [-0.05, 0) is 13.8 Å². The second-order valence-corrected chi connectivity index (χ2v) is 3.62. The van der Waals surface area contributed by atoms with E-state index in [1.807, 2.05) is 0 Å². The predicted molar refractivity (Wildman–Crippen MR) is 73.3 cm³/mol. The van der Waals surface area contributed by atoms with Crippen molar-refractivity contribution in [2.45, 2.75) is 20.5 Å². The zero-order valence-electron chi connectivity index (χ0n) is 13.2. The van der Waals surface area contributed by atoms with Crippen LogP contribution < -0.4 is 29.6 Å². The second-order valence-electron chi connectivity index (χ2n) is 3.62. The van der Waals surface area contributed by atoms with E-state index in [0.29, 0.717) is 5.82 Å². The first-order valence-electron chi connectivity index (χ1n) is 5.43. The summed E-state index contributed by atoms with van der Waals surface area (Å²) in [6.07, 6.45) is 5.79. The number of aromatic carboxylic acids is 1. The third kappa shape index (κ3) is 8.51. The summed E-state index contributed by atoms with van der Waals surface area (Å²) < 4.78 is 0. The first kappa shape index (κ1) is 21.9. The van der Waals surface area contributed by atoms with E-state index in [0.717, 1.165) is 11.4 Å². The molecule has 0 fully saturated rings. The van der Waals surface area contributed by atoms with Crippen molar-refractivity contribution in [3.05, 3.63) is 47.6 Å². The molecule has 0 spiro atoms. The molecule has 0 aliphatic rings. The zero-order chi connectivity index (χ0) is 14.3. The third-order valence-electron chi connectivity index (χ3n) is 2.04. The number of carboxylic acid groups (broad SMARTS) is 1. The topological polar surface area (TPSA) is 109 Å². The van der Waals surface area contributed by atoms with Gasteiger partial charge in [-0.3, -0.25) is 0 Å². The van der Waals surface area contributed by atoms with Crippen LogP contribution in [0.2, 0.25) is 0 Å². The number of hydrogen-bond donors (Lipinski definition) is 2. The van der Waals surface area contributed by atoms with Gasteiger partial charge in [-0.1, -0.05) is 0 Å². The molecule has 2 N–H and O–H groups in total. The smallest absolute Gasteiger partial charge is 1.00 e. The van der Waals surface area contributed by atoms with Crippen LogP contribution in [0.3, 0.4) is 0 Å². The minimum Gasteiger partial charge on any atom is -1.00 e. The molecule has 7 nitrogen and oxygen atoms in total. The van der Waals surface area contributed by atoms with Crippen LogP contribution in [-0.2, 0) is 6.61 Å². The summed E-state index contributed by atoms with van der Waals surface area (Å²) in [5.41, 5.74) is 0.867. The maximum Gasteiger partial charge on any atom is 1.00 e. The number of carbonyl (C=O) groups is 1. The molecule has 0 aromatic carbocycles. The molecule has 3 radical (unpaired) electrons. The predicted octanol–water partition coefficient (Wildman–Crippen LogP) is -2.50. The Balaban J connectivity index is -0.000000290. The Morgan fingerprint density at radius 2 is 1.43 bits per heavy atom. The van der Waals surface area contributed by atoms with Crippen LogP contribution in [0.4, 0.5) is 0 Å². The van der Waals surface area contributed by atoms with Crippen molar-refractivity contribution in [3.63, 3.8) is 0 Å². The summed E-state index contributed by atoms with van der Waals surface area (Å²) in [6.45, 7) is 3.52. The zero-order valence-corrected chi connectivity index (χ0v) is 14.2. The van der Waals surface area contributed by atoms with Crippen LogP contribution in [-0.4, -0.2) is 44.5 Å². The maximum absolute atomic E-state index is 10.2. The van der Waals surface area contributed by atoms with Gasteiger partial charge in [-0.25, -0.2) is 24.7 Å². The minimum atomic E-state index is -1.000. The van der Waals surface area contributed by atoms with Crippen molar-refractivity contribution in [1.82, 2.24) is 19.9 Å². The summed E-state index contributed by atoms with van der Waals surface area (Å²) in [5, 5.41) is 16.9. The molecule has 2 heterocycles. The first-order chi connectivity index (χ1) is 9.02. The van der Waals surface area contributed by atoms with Gasteiger partial charge in [0.05, 0.1) is 12.2 Å². The molecular weight excluding hydrogens is 282 g/mol. The summed E-state index contributed by atoms with van der Waals surface area (Å²) >= 11 is 0. The number of rotatable bonds is 2. The Morgan fingerprint density at radius 3 is 1.76 bits per heavy atom. The van der Waals surface area contributed by atoms with Crippen molar-refractivity contribution in [1.29, 1.82) is 0 Å². The summed E-state index contributed by atoms with van der Waals surface area (Å²) in [5.74, 6) is 0.303. The quantitative estimate of drug-likeness (QED) is 0.590. The summed E-state index contributed by atoms with van der Waals surface area (Å²) in [4.78, 5) is 25.4. The molecule has 9 heteroatoms. The van der Waals surface area contributed by atoms with Crippen LogP contribution in [0.25, 0.3) is 0 Å². The average molecular weight is 297 g/mol. The molecule has 2 aromatic rings. The largest absolute Gasteiger partial charge is 1.00 e. The Kier molecular flexibility index (Phi) is 11.8. The number of carboxylic acids is 1. The normalized spacial score (nSPS) is 8.52. The van der Waals surface area contributed by atoms with Gasteiger partial charge >= 0.3 is 35.5 Å². The molecular formula is C12H15BN4NaO3. The fraction of sp³-hybridized carbons (Fsp3) is 0.250. The Bertz CT molecular complexity index is 543. The minimum absolute atomic E-state index is 0. The van der Waals surface area contributed by atoms with Gasteiger partial charge < -0.3 is 11.6 Å². The summed E-state index contributed by atoms with van der Waals surface area (Å²) in [7, 11) is 0. The Labute approximate surface area is 148 Å². The van der Waals surface area contributed by atoms with Crippen molar-refractivity contribution in [2.24, 2.45) is 0 Å². The van der Waals surface area contributed by atoms with E-state index < -0.39 is 5.97 Å². The molecule has 0 atom stereocenters. The van der Waals surface area contributed by atoms with E-state index in [1.165, 1.54) is 12.4 Å². The van der Waals surface area contributed by atoms with Gasteiger partial charge in [-0.2, -0.15) is 0 Å². The first-order valence-corrected chi connectivity index (χ1v) is 5.43. The van der Waals surface area contributed by atoms with Crippen LogP contribution in [0.15, 0.2) is 24.8 Å². The maximum atomic E-state index is 10.2. The van der Waals surface area contributed by atoms with E-state index in [1.54, 1.807) is 26.2 Å².